The number of aryl methyl sites for hydroxylation is 2. The van der Waals surface area contributed by atoms with Gasteiger partial charge in [0.1, 0.15) is 0 Å². The first-order valence-corrected chi connectivity index (χ1v) is 9.62. The molecule has 1 aromatic heterocycles. The largest absolute Gasteiger partial charge is 0.346 e. The van der Waals surface area contributed by atoms with Crippen LogP contribution in [0.15, 0.2) is 60.8 Å². The van der Waals surface area contributed by atoms with E-state index in [2.05, 4.69) is 54.1 Å². The monoisotopic (exact) mass is 371 g/mol. The molecule has 3 aromatic rings. The van der Waals surface area contributed by atoms with Crippen molar-refractivity contribution in [3.63, 3.8) is 0 Å². The number of para-hydroxylation sites is 1. The van der Waals surface area contributed by atoms with Gasteiger partial charge in [0.25, 0.3) is 0 Å². The molecule has 4 nitrogen and oxygen atoms in total. The van der Waals surface area contributed by atoms with Crippen LogP contribution in [0.25, 0.3) is 17.0 Å². The normalized spacial score (nSPS) is 12.2. The summed E-state index contributed by atoms with van der Waals surface area (Å²) >= 11 is 0. The van der Waals surface area contributed by atoms with Crippen molar-refractivity contribution >= 4 is 22.9 Å². The maximum atomic E-state index is 12.5. The molecular weight excluding hydrogens is 346 g/mol. The molecule has 1 heterocycles. The van der Waals surface area contributed by atoms with Gasteiger partial charge in [-0.15, -0.1) is 0 Å². The number of fused-ring (bicyclic) bond motifs is 1. The van der Waals surface area contributed by atoms with Gasteiger partial charge in [-0.3, -0.25) is 4.79 Å². The Hall–Kier alpha value is -3.32. The number of hydrogen-bond acceptors (Lipinski definition) is 2. The predicted octanol–water partition coefficient (Wildman–Crippen LogP) is 5.14. The molecule has 0 aliphatic heterocycles. The Balaban J connectivity index is 1.76. The third kappa shape index (κ3) is 4.50. The number of nitrogens with zero attached hydrogens (tertiary/aromatic N) is 2. The maximum Gasteiger partial charge on any atom is 0.244 e. The molecule has 0 spiro atoms. The number of carbonyl (C=O) groups is 1. The molecule has 142 valence electrons. The van der Waals surface area contributed by atoms with E-state index < -0.39 is 0 Å². The molecule has 1 atom stereocenters. The summed E-state index contributed by atoms with van der Waals surface area (Å²) in [6.45, 7) is 4.76. The number of aromatic nitrogens is 1. The van der Waals surface area contributed by atoms with Crippen LogP contribution in [0.5, 0.6) is 0 Å². The van der Waals surface area contributed by atoms with E-state index in [0.29, 0.717) is 13.0 Å². The Bertz CT molecular complexity index is 1020. The second kappa shape index (κ2) is 9.05. The van der Waals surface area contributed by atoms with Crippen LogP contribution < -0.4 is 5.32 Å². The fraction of sp³-hybridized carbons (Fsp3) is 0.250. The molecule has 0 saturated heterocycles. The highest BCUT2D eigenvalue weighted by Crippen LogP contribution is 2.23. The quantitative estimate of drug-likeness (QED) is 0.584. The van der Waals surface area contributed by atoms with Crippen LogP contribution in [-0.4, -0.2) is 10.5 Å². The van der Waals surface area contributed by atoms with Gasteiger partial charge in [0.2, 0.25) is 5.91 Å². The molecule has 4 heteroatoms. The summed E-state index contributed by atoms with van der Waals surface area (Å²) in [7, 11) is 0. The highest BCUT2D eigenvalue weighted by molar-refractivity contribution is 5.96. The number of benzene rings is 2. The van der Waals surface area contributed by atoms with Crippen molar-refractivity contribution in [2.24, 2.45) is 0 Å². The third-order valence-electron chi connectivity index (χ3n) is 4.90. The summed E-state index contributed by atoms with van der Waals surface area (Å²) in [5.74, 6) is -0.110. The second-order valence-electron chi connectivity index (χ2n) is 6.92. The molecule has 2 aromatic carbocycles. The van der Waals surface area contributed by atoms with Crippen molar-refractivity contribution in [2.75, 3.05) is 0 Å². The number of nitriles is 1. The molecule has 0 radical (unpaired) electrons. The van der Waals surface area contributed by atoms with Crippen molar-refractivity contribution in [1.82, 2.24) is 9.88 Å². The van der Waals surface area contributed by atoms with E-state index in [9.17, 15) is 4.79 Å². The fourth-order valence-electron chi connectivity index (χ4n) is 3.37. The Kier molecular flexibility index (Phi) is 6.29. The van der Waals surface area contributed by atoms with E-state index in [1.54, 1.807) is 6.08 Å². The van der Waals surface area contributed by atoms with Crippen LogP contribution in [0.4, 0.5) is 0 Å². The summed E-state index contributed by atoms with van der Waals surface area (Å²) < 4.78 is 2.07. The summed E-state index contributed by atoms with van der Waals surface area (Å²) in [5, 5.41) is 13.0. The lowest BCUT2D eigenvalue weighted by Gasteiger charge is -2.16. The van der Waals surface area contributed by atoms with Gasteiger partial charge in [-0.2, -0.15) is 5.26 Å². The smallest absolute Gasteiger partial charge is 0.244 e. The number of carbonyl (C=O) groups excluding carboxylic acids is 1. The molecule has 1 N–H and O–H groups in total. The number of hydrogen-bond donors (Lipinski definition) is 1. The highest BCUT2D eigenvalue weighted by atomic mass is 16.1. The Morgan fingerprint density at radius 3 is 2.68 bits per heavy atom. The summed E-state index contributed by atoms with van der Waals surface area (Å²) in [6.07, 6.45) is 6.73. The predicted molar refractivity (Wildman–Crippen MR) is 114 cm³/mol. The summed E-state index contributed by atoms with van der Waals surface area (Å²) in [6, 6.07) is 18.5. The SMILES string of the molecule is CC[C@@H](NC(=O)/C=C/c1cn(CCC#N)c2ccccc12)c1ccc(C)cc1. The Morgan fingerprint density at radius 1 is 1.21 bits per heavy atom. The lowest BCUT2D eigenvalue weighted by atomic mass is 10.0. The third-order valence-corrected chi connectivity index (χ3v) is 4.90. The van der Waals surface area contributed by atoms with E-state index in [0.717, 1.165) is 28.5 Å². The molecule has 1 amide bonds. The van der Waals surface area contributed by atoms with Crippen LogP contribution in [0.2, 0.25) is 0 Å². The molecule has 0 aliphatic carbocycles. The molecule has 0 saturated carbocycles. The molecule has 0 fully saturated rings. The van der Waals surface area contributed by atoms with E-state index in [1.807, 2.05) is 36.5 Å². The van der Waals surface area contributed by atoms with Crippen LogP contribution in [-0.2, 0) is 11.3 Å². The van der Waals surface area contributed by atoms with Crippen molar-refractivity contribution < 1.29 is 4.79 Å². The minimum atomic E-state index is -0.110. The zero-order valence-electron chi connectivity index (χ0n) is 16.4. The lowest BCUT2D eigenvalue weighted by Crippen LogP contribution is -2.26. The van der Waals surface area contributed by atoms with Crippen molar-refractivity contribution in [1.29, 1.82) is 5.26 Å². The first-order chi connectivity index (χ1) is 13.6. The van der Waals surface area contributed by atoms with Crippen molar-refractivity contribution in [3.8, 4) is 6.07 Å². The lowest BCUT2D eigenvalue weighted by molar-refractivity contribution is -0.117. The number of nitrogens with one attached hydrogen (secondary N) is 1. The van der Waals surface area contributed by atoms with Crippen molar-refractivity contribution in [3.05, 3.63) is 77.5 Å². The van der Waals surface area contributed by atoms with Gasteiger partial charge in [-0.05, 0) is 31.1 Å². The topological polar surface area (TPSA) is 57.8 Å². The first kappa shape index (κ1) is 19.4. The zero-order chi connectivity index (χ0) is 19.9. The first-order valence-electron chi connectivity index (χ1n) is 9.62. The standard InChI is InChI=1S/C24H25N3O/c1-3-22(19-11-9-18(2)10-12-19)26-24(28)14-13-20-17-27(16-6-15-25)23-8-5-4-7-21(20)23/h4-5,7-14,17,22H,3,6,16H2,1-2H3,(H,26,28)/b14-13+/t22-/m1/s1. The van der Waals surface area contributed by atoms with Gasteiger partial charge in [0, 0.05) is 35.3 Å². The number of amides is 1. The van der Waals surface area contributed by atoms with Crippen LogP contribution in [0, 0.1) is 18.3 Å². The second-order valence-corrected chi connectivity index (χ2v) is 6.92. The summed E-state index contributed by atoms with van der Waals surface area (Å²) in [5.41, 5.74) is 4.37. The Morgan fingerprint density at radius 2 is 1.96 bits per heavy atom. The van der Waals surface area contributed by atoms with Gasteiger partial charge >= 0.3 is 0 Å². The minimum absolute atomic E-state index is 0.00489. The maximum absolute atomic E-state index is 12.5. The van der Waals surface area contributed by atoms with E-state index in [-0.39, 0.29) is 11.9 Å². The summed E-state index contributed by atoms with van der Waals surface area (Å²) in [4.78, 5) is 12.5. The molecular formula is C24H25N3O. The van der Waals surface area contributed by atoms with E-state index in [1.165, 1.54) is 5.56 Å². The average molecular weight is 371 g/mol. The molecule has 3 rings (SSSR count). The van der Waals surface area contributed by atoms with Crippen LogP contribution in [0.3, 0.4) is 0 Å². The van der Waals surface area contributed by atoms with Gasteiger partial charge < -0.3 is 9.88 Å². The van der Waals surface area contributed by atoms with Gasteiger partial charge in [-0.1, -0.05) is 55.0 Å². The zero-order valence-corrected chi connectivity index (χ0v) is 16.4. The molecule has 0 aliphatic rings. The molecule has 28 heavy (non-hydrogen) atoms. The molecule has 0 bridgehead atoms. The van der Waals surface area contributed by atoms with Crippen LogP contribution >= 0.6 is 0 Å². The van der Waals surface area contributed by atoms with E-state index >= 15 is 0 Å². The number of rotatable bonds is 7. The fourth-order valence-corrected chi connectivity index (χ4v) is 3.37. The molecule has 0 unspecified atom stereocenters. The average Bonchev–Trinajstić information content (AvgIpc) is 3.07. The van der Waals surface area contributed by atoms with Crippen molar-refractivity contribution in [2.45, 2.75) is 39.3 Å². The highest BCUT2D eigenvalue weighted by Gasteiger charge is 2.11. The van der Waals surface area contributed by atoms with Gasteiger partial charge in [0.05, 0.1) is 18.5 Å². The van der Waals surface area contributed by atoms with Crippen LogP contribution in [0.1, 0.15) is 42.5 Å². The van der Waals surface area contributed by atoms with Gasteiger partial charge in [0.15, 0.2) is 0 Å². The van der Waals surface area contributed by atoms with Gasteiger partial charge in [-0.25, -0.2) is 0 Å². The Labute approximate surface area is 166 Å². The van der Waals surface area contributed by atoms with E-state index in [4.69, 9.17) is 5.26 Å². The minimum Gasteiger partial charge on any atom is -0.346 e.